The number of hydrogen-bond acceptors (Lipinski definition) is 7. The van der Waals surface area contributed by atoms with Crippen molar-refractivity contribution in [3.05, 3.63) is 138 Å². The number of alkyl halides is 2. The number of rotatable bonds is 20. The zero-order valence-corrected chi connectivity index (χ0v) is 31.6. The van der Waals surface area contributed by atoms with Crippen LogP contribution in [-0.2, 0) is 45.3 Å². The summed E-state index contributed by atoms with van der Waals surface area (Å²) in [6, 6.07) is 30.6. The number of aliphatic hydroxyl groups excluding tert-OH is 1. The summed E-state index contributed by atoms with van der Waals surface area (Å²) in [5.74, 6) is -7.18. The lowest BCUT2D eigenvalue weighted by Crippen LogP contribution is -2.62. The van der Waals surface area contributed by atoms with Crippen molar-refractivity contribution in [3.63, 3.8) is 0 Å². The molecule has 0 aliphatic heterocycles. The predicted molar refractivity (Wildman–Crippen MR) is 205 cm³/mol. The SMILES string of the molecule is CC(C)[C@H](COCc1ccccc1)NC(=O)C(F)(F)[C@H](O)C(Cc1ccc(OCc2ccccc2)cc1)NC(=O)[C@@H](NC(=O)OCc1ccccc1)C(C)C. The van der Waals surface area contributed by atoms with Crippen LogP contribution in [0, 0.1) is 11.8 Å². The number of hydrogen-bond donors (Lipinski definition) is 4. The van der Waals surface area contributed by atoms with Crippen LogP contribution in [0.3, 0.4) is 0 Å². The average Bonchev–Trinajstić information content (AvgIpc) is 3.18. The molecule has 0 heterocycles. The maximum Gasteiger partial charge on any atom is 0.408 e. The molecule has 0 radical (unpaired) electrons. The van der Waals surface area contributed by atoms with Gasteiger partial charge in [0.05, 0.1) is 25.3 Å². The highest BCUT2D eigenvalue weighted by Crippen LogP contribution is 2.26. The van der Waals surface area contributed by atoms with E-state index in [1.807, 2.05) is 66.7 Å². The second-order valence-corrected chi connectivity index (χ2v) is 14.1. The highest BCUT2D eigenvalue weighted by atomic mass is 19.3. The predicted octanol–water partition coefficient (Wildman–Crippen LogP) is 6.60. The minimum absolute atomic E-state index is 0.0502. The Balaban J connectivity index is 1.49. The van der Waals surface area contributed by atoms with Crippen LogP contribution in [0.4, 0.5) is 13.6 Å². The Morgan fingerprint density at radius 1 is 0.636 bits per heavy atom. The molecule has 4 atom stereocenters. The van der Waals surface area contributed by atoms with Crippen LogP contribution in [0.5, 0.6) is 5.75 Å². The number of aliphatic hydroxyl groups is 1. The van der Waals surface area contributed by atoms with Crippen molar-refractivity contribution >= 4 is 17.9 Å². The van der Waals surface area contributed by atoms with Crippen molar-refractivity contribution in [2.75, 3.05) is 6.61 Å². The Kier molecular flexibility index (Phi) is 16.1. The second kappa shape index (κ2) is 20.9. The van der Waals surface area contributed by atoms with Gasteiger partial charge in [0.1, 0.15) is 31.1 Å². The number of benzene rings is 4. The minimum Gasteiger partial charge on any atom is -0.489 e. The summed E-state index contributed by atoms with van der Waals surface area (Å²) in [5, 5.41) is 18.6. The van der Waals surface area contributed by atoms with Gasteiger partial charge >= 0.3 is 12.0 Å². The minimum atomic E-state index is -4.35. The van der Waals surface area contributed by atoms with Gasteiger partial charge in [-0.15, -0.1) is 0 Å². The lowest BCUT2D eigenvalue weighted by atomic mass is 9.94. The van der Waals surface area contributed by atoms with Crippen LogP contribution < -0.4 is 20.7 Å². The van der Waals surface area contributed by atoms with E-state index in [0.717, 1.165) is 16.7 Å². The van der Waals surface area contributed by atoms with E-state index in [2.05, 4.69) is 16.0 Å². The molecule has 294 valence electrons. The van der Waals surface area contributed by atoms with Gasteiger partial charge in [0.15, 0.2) is 0 Å². The molecule has 4 rings (SSSR count). The third-order valence-electron chi connectivity index (χ3n) is 8.98. The van der Waals surface area contributed by atoms with Gasteiger partial charge in [0.25, 0.3) is 5.91 Å². The average molecular weight is 760 g/mol. The monoisotopic (exact) mass is 759 g/mol. The maximum absolute atomic E-state index is 16.0. The van der Waals surface area contributed by atoms with Crippen LogP contribution in [0.15, 0.2) is 115 Å². The number of halogens is 2. The van der Waals surface area contributed by atoms with Crippen LogP contribution in [0.1, 0.15) is 49.9 Å². The standard InChI is InChI=1S/C43H51F2N3O7/c1-29(2)37(28-53-25-32-14-8-5-9-15-32)47-41(51)43(44,45)39(49)36(24-31-20-22-35(23-21-31)54-26-33-16-10-6-11-17-33)46-40(50)38(30(3)4)48-42(52)55-27-34-18-12-7-13-19-34/h5-23,29-30,36-39,49H,24-28H2,1-4H3,(H,46,50)(H,47,51)(H,48,52)/t36?,37-,38-,39+/m0/s1. The fourth-order valence-corrected chi connectivity index (χ4v) is 5.59. The number of amides is 3. The third kappa shape index (κ3) is 13.5. The van der Waals surface area contributed by atoms with Gasteiger partial charge in [0.2, 0.25) is 5.91 Å². The van der Waals surface area contributed by atoms with Gasteiger partial charge in [0, 0.05) is 0 Å². The van der Waals surface area contributed by atoms with E-state index >= 15 is 8.78 Å². The molecular weight excluding hydrogens is 708 g/mol. The second-order valence-electron chi connectivity index (χ2n) is 14.1. The smallest absolute Gasteiger partial charge is 0.408 e. The van der Waals surface area contributed by atoms with Gasteiger partial charge in [-0.1, -0.05) is 131 Å². The third-order valence-corrected chi connectivity index (χ3v) is 8.98. The zero-order valence-electron chi connectivity index (χ0n) is 31.6. The topological polar surface area (TPSA) is 135 Å². The molecule has 12 heteroatoms. The first-order valence-corrected chi connectivity index (χ1v) is 18.3. The first kappa shape index (κ1) is 42.4. The molecule has 0 aromatic heterocycles. The summed E-state index contributed by atoms with van der Waals surface area (Å²) < 4.78 is 48.9. The molecule has 4 aromatic carbocycles. The molecule has 3 amide bonds. The number of nitrogens with one attached hydrogen (secondary N) is 3. The van der Waals surface area contributed by atoms with Crippen molar-refractivity contribution in [1.29, 1.82) is 0 Å². The number of ether oxygens (including phenoxy) is 3. The Morgan fingerprint density at radius 2 is 1.16 bits per heavy atom. The molecule has 0 bridgehead atoms. The van der Waals surface area contributed by atoms with Crippen molar-refractivity contribution in [1.82, 2.24) is 16.0 Å². The van der Waals surface area contributed by atoms with Crippen molar-refractivity contribution in [3.8, 4) is 5.75 Å². The maximum atomic E-state index is 16.0. The van der Waals surface area contributed by atoms with Crippen LogP contribution in [-0.4, -0.2) is 59.8 Å². The number of carbonyl (C=O) groups excluding carboxylic acids is 3. The largest absolute Gasteiger partial charge is 0.489 e. The quantitative estimate of drug-likeness (QED) is 0.0798. The van der Waals surface area contributed by atoms with Crippen LogP contribution >= 0.6 is 0 Å². The lowest BCUT2D eigenvalue weighted by molar-refractivity contribution is -0.169. The Bertz CT molecular complexity index is 1760. The molecule has 4 N–H and O–H groups in total. The molecule has 0 saturated heterocycles. The highest BCUT2D eigenvalue weighted by molar-refractivity contribution is 5.87. The molecule has 0 fully saturated rings. The normalized spacial score (nSPS) is 13.7. The molecule has 10 nitrogen and oxygen atoms in total. The van der Waals surface area contributed by atoms with E-state index in [4.69, 9.17) is 14.2 Å². The molecule has 0 aliphatic carbocycles. The van der Waals surface area contributed by atoms with Crippen LogP contribution in [0.25, 0.3) is 0 Å². The molecular formula is C43H51F2N3O7. The Hall–Kier alpha value is -5.33. The number of alkyl carbamates (subject to hydrolysis) is 1. The molecule has 0 saturated carbocycles. The van der Waals surface area contributed by atoms with E-state index in [1.165, 1.54) is 0 Å². The fourth-order valence-electron chi connectivity index (χ4n) is 5.59. The van der Waals surface area contributed by atoms with Gasteiger partial charge in [-0.25, -0.2) is 4.79 Å². The van der Waals surface area contributed by atoms with E-state index in [-0.39, 0.29) is 32.2 Å². The molecule has 0 spiro atoms. The summed E-state index contributed by atoms with van der Waals surface area (Å²) in [6.07, 6.45) is -3.84. The van der Waals surface area contributed by atoms with E-state index in [0.29, 0.717) is 17.9 Å². The fraction of sp³-hybridized carbons (Fsp3) is 0.372. The van der Waals surface area contributed by atoms with E-state index in [1.54, 1.807) is 76.2 Å². The Labute approximate surface area is 321 Å². The summed E-state index contributed by atoms with van der Waals surface area (Å²) in [5.41, 5.74) is 3.03. The van der Waals surface area contributed by atoms with E-state index in [9.17, 15) is 19.5 Å². The number of carbonyl (C=O) groups is 3. The van der Waals surface area contributed by atoms with Crippen molar-refractivity contribution in [2.45, 2.75) is 84.1 Å². The van der Waals surface area contributed by atoms with Gasteiger partial charge in [-0.05, 0) is 52.6 Å². The summed E-state index contributed by atoms with van der Waals surface area (Å²) in [4.78, 5) is 39.7. The zero-order chi connectivity index (χ0) is 39.8. The lowest BCUT2D eigenvalue weighted by Gasteiger charge is -2.33. The summed E-state index contributed by atoms with van der Waals surface area (Å²) in [6.45, 7) is 7.26. The molecule has 1 unspecified atom stereocenters. The van der Waals surface area contributed by atoms with Gasteiger partial charge in [-0.3, -0.25) is 9.59 Å². The van der Waals surface area contributed by atoms with Gasteiger partial charge in [-0.2, -0.15) is 8.78 Å². The van der Waals surface area contributed by atoms with Crippen molar-refractivity contribution in [2.24, 2.45) is 11.8 Å². The molecule has 0 aliphatic rings. The van der Waals surface area contributed by atoms with Gasteiger partial charge < -0.3 is 35.3 Å². The first-order valence-electron chi connectivity index (χ1n) is 18.3. The highest BCUT2D eigenvalue weighted by Gasteiger charge is 2.51. The van der Waals surface area contributed by atoms with Crippen LogP contribution in [0.2, 0.25) is 0 Å². The Morgan fingerprint density at radius 3 is 1.69 bits per heavy atom. The summed E-state index contributed by atoms with van der Waals surface area (Å²) in [7, 11) is 0. The molecule has 4 aromatic rings. The van der Waals surface area contributed by atoms with E-state index < -0.39 is 54.0 Å². The first-order chi connectivity index (χ1) is 26.3. The molecule has 55 heavy (non-hydrogen) atoms. The van der Waals surface area contributed by atoms with Crippen molar-refractivity contribution < 1.29 is 42.5 Å². The summed E-state index contributed by atoms with van der Waals surface area (Å²) >= 11 is 0.